The number of nitrogens with zero attached hydrogens (tertiary/aromatic N) is 3. The van der Waals surface area contributed by atoms with E-state index in [1.165, 1.54) is 0 Å². The molecule has 126 valence electrons. The van der Waals surface area contributed by atoms with E-state index in [-0.39, 0.29) is 17.7 Å². The molecule has 0 aliphatic heterocycles. The van der Waals surface area contributed by atoms with Crippen LogP contribution < -0.4 is 10.1 Å². The Morgan fingerprint density at radius 1 is 1.16 bits per heavy atom. The van der Waals surface area contributed by atoms with Crippen molar-refractivity contribution in [2.45, 2.75) is 12.3 Å². The number of methoxy groups -OCH3 is 1. The number of ether oxygens (including phenoxy) is 1. The fourth-order valence-electron chi connectivity index (χ4n) is 3.11. The molecule has 1 saturated carbocycles. The van der Waals surface area contributed by atoms with Gasteiger partial charge in [0, 0.05) is 11.6 Å². The summed E-state index contributed by atoms with van der Waals surface area (Å²) in [5.74, 6) is 1.08. The second-order valence-corrected chi connectivity index (χ2v) is 6.10. The van der Waals surface area contributed by atoms with Crippen LogP contribution >= 0.6 is 0 Å². The Kier molecular flexibility index (Phi) is 3.93. The number of carbonyl (C=O) groups excluding carboxylic acids is 1. The van der Waals surface area contributed by atoms with Gasteiger partial charge in [0.15, 0.2) is 0 Å². The summed E-state index contributed by atoms with van der Waals surface area (Å²) in [4.78, 5) is 12.6. The van der Waals surface area contributed by atoms with E-state index in [2.05, 4.69) is 15.5 Å². The van der Waals surface area contributed by atoms with E-state index in [1.54, 1.807) is 24.3 Å². The molecule has 2 atom stereocenters. The number of carbonyl (C=O) groups is 1. The third kappa shape index (κ3) is 3.10. The van der Waals surface area contributed by atoms with Gasteiger partial charge in [-0.1, -0.05) is 24.3 Å². The smallest absolute Gasteiger partial charge is 0.228 e. The van der Waals surface area contributed by atoms with Crippen LogP contribution in [0.2, 0.25) is 0 Å². The number of benzene rings is 2. The van der Waals surface area contributed by atoms with Gasteiger partial charge in [0.25, 0.3) is 0 Å². The van der Waals surface area contributed by atoms with E-state index in [9.17, 15) is 4.79 Å². The van der Waals surface area contributed by atoms with E-state index in [4.69, 9.17) is 4.74 Å². The summed E-state index contributed by atoms with van der Waals surface area (Å²) >= 11 is 0. The summed E-state index contributed by atoms with van der Waals surface area (Å²) in [6.45, 7) is 0. The molecular formula is C19H18N4O2. The van der Waals surface area contributed by atoms with Crippen molar-refractivity contribution in [2.75, 3.05) is 12.4 Å². The highest BCUT2D eigenvalue weighted by Crippen LogP contribution is 2.50. The lowest BCUT2D eigenvalue weighted by Crippen LogP contribution is -2.14. The predicted octanol–water partition coefficient (Wildman–Crippen LogP) is 3.02. The van der Waals surface area contributed by atoms with Crippen molar-refractivity contribution in [1.29, 1.82) is 0 Å². The van der Waals surface area contributed by atoms with Crippen molar-refractivity contribution in [3.8, 4) is 11.4 Å². The Morgan fingerprint density at radius 2 is 1.96 bits per heavy atom. The summed E-state index contributed by atoms with van der Waals surface area (Å²) in [6.07, 6.45) is 4.09. The molecule has 1 heterocycles. The Bertz CT molecular complexity index is 892. The van der Waals surface area contributed by atoms with Gasteiger partial charge in [-0.05, 0) is 42.2 Å². The first-order chi connectivity index (χ1) is 12.3. The summed E-state index contributed by atoms with van der Waals surface area (Å²) in [6, 6.07) is 15.5. The zero-order valence-corrected chi connectivity index (χ0v) is 13.8. The van der Waals surface area contributed by atoms with Gasteiger partial charge in [-0.25, -0.2) is 0 Å². The molecule has 3 aromatic rings. The first-order valence-corrected chi connectivity index (χ1v) is 8.15. The number of hydrogen-bond donors (Lipinski definition) is 1. The summed E-state index contributed by atoms with van der Waals surface area (Å²) in [7, 11) is 1.66. The second kappa shape index (κ2) is 6.39. The highest BCUT2D eigenvalue weighted by molar-refractivity contribution is 5.95. The molecule has 1 aliphatic rings. The van der Waals surface area contributed by atoms with Crippen LogP contribution in [0.25, 0.3) is 5.69 Å². The van der Waals surface area contributed by atoms with Crippen LogP contribution in [0.4, 0.5) is 5.69 Å². The van der Waals surface area contributed by atoms with Crippen LogP contribution in [-0.4, -0.2) is 27.8 Å². The van der Waals surface area contributed by atoms with Crippen LogP contribution in [0.3, 0.4) is 0 Å². The molecule has 1 amide bonds. The monoisotopic (exact) mass is 334 g/mol. The molecule has 2 aromatic carbocycles. The maximum atomic E-state index is 12.6. The first-order valence-electron chi connectivity index (χ1n) is 8.15. The molecule has 0 spiro atoms. The molecule has 0 unspecified atom stereocenters. The summed E-state index contributed by atoms with van der Waals surface area (Å²) < 4.78 is 7.20. The normalized spacial score (nSPS) is 18.6. The molecule has 6 heteroatoms. The highest BCUT2D eigenvalue weighted by atomic mass is 16.5. The number of aromatic nitrogens is 3. The molecule has 1 aromatic heterocycles. The molecule has 1 fully saturated rings. The Balaban J connectivity index is 1.46. The third-order valence-electron chi connectivity index (χ3n) is 4.50. The zero-order chi connectivity index (χ0) is 17.2. The van der Waals surface area contributed by atoms with Crippen LogP contribution in [0.1, 0.15) is 17.9 Å². The fraction of sp³-hybridized carbons (Fsp3) is 0.211. The lowest BCUT2D eigenvalue weighted by Gasteiger charge is -2.09. The number of anilines is 1. The summed E-state index contributed by atoms with van der Waals surface area (Å²) in [5, 5.41) is 10.6. The molecule has 0 radical (unpaired) electrons. The van der Waals surface area contributed by atoms with Crippen molar-refractivity contribution in [3.05, 3.63) is 66.7 Å². The average Bonchev–Trinajstić information content (AvgIpc) is 3.26. The number of para-hydroxylation sites is 1. The first kappa shape index (κ1) is 15.4. The van der Waals surface area contributed by atoms with E-state index in [1.807, 2.05) is 48.5 Å². The van der Waals surface area contributed by atoms with Crippen molar-refractivity contribution in [2.24, 2.45) is 5.92 Å². The number of amides is 1. The van der Waals surface area contributed by atoms with Gasteiger partial charge in [0.1, 0.15) is 18.4 Å². The molecule has 0 bridgehead atoms. The second-order valence-electron chi connectivity index (χ2n) is 6.10. The average molecular weight is 334 g/mol. The Labute approximate surface area is 145 Å². The Hall–Kier alpha value is -3.15. The van der Waals surface area contributed by atoms with Crippen molar-refractivity contribution >= 4 is 11.6 Å². The molecule has 4 rings (SSSR count). The van der Waals surface area contributed by atoms with Gasteiger partial charge < -0.3 is 10.1 Å². The van der Waals surface area contributed by atoms with Crippen molar-refractivity contribution in [1.82, 2.24) is 14.8 Å². The van der Waals surface area contributed by atoms with E-state index < -0.39 is 0 Å². The standard InChI is InChI=1S/C19H18N4O2/c1-25-18-8-3-2-7-15(18)16-10-17(16)19(24)22-13-5-4-6-14(9-13)23-11-20-21-12-23/h2-9,11-12,16-17H,10H2,1H3,(H,22,24)/t16-,17-/m1/s1. The third-order valence-corrected chi connectivity index (χ3v) is 4.50. The number of hydrogen-bond acceptors (Lipinski definition) is 4. The number of nitrogens with one attached hydrogen (secondary N) is 1. The maximum absolute atomic E-state index is 12.6. The van der Waals surface area contributed by atoms with Gasteiger partial charge in [0.05, 0.1) is 12.8 Å². The summed E-state index contributed by atoms with van der Waals surface area (Å²) in [5.41, 5.74) is 2.77. The number of rotatable bonds is 5. The maximum Gasteiger partial charge on any atom is 0.228 e. The van der Waals surface area contributed by atoms with Gasteiger partial charge in [-0.15, -0.1) is 10.2 Å². The van der Waals surface area contributed by atoms with Crippen molar-refractivity contribution < 1.29 is 9.53 Å². The Morgan fingerprint density at radius 3 is 2.76 bits per heavy atom. The predicted molar refractivity (Wildman–Crippen MR) is 93.8 cm³/mol. The minimum Gasteiger partial charge on any atom is -0.496 e. The van der Waals surface area contributed by atoms with Crippen molar-refractivity contribution in [3.63, 3.8) is 0 Å². The van der Waals surface area contributed by atoms with Gasteiger partial charge in [0.2, 0.25) is 5.91 Å². The lowest BCUT2D eigenvalue weighted by molar-refractivity contribution is -0.117. The molecule has 1 N–H and O–H groups in total. The molecule has 1 aliphatic carbocycles. The molecule has 25 heavy (non-hydrogen) atoms. The quantitative estimate of drug-likeness (QED) is 0.779. The van der Waals surface area contributed by atoms with Crippen LogP contribution in [0, 0.1) is 5.92 Å². The van der Waals surface area contributed by atoms with Gasteiger partial charge >= 0.3 is 0 Å². The SMILES string of the molecule is COc1ccccc1[C@H]1C[C@H]1C(=O)Nc1cccc(-n2cnnc2)c1. The minimum atomic E-state index is -0.0186. The lowest BCUT2D eigenvalue weighted by atomic mass is 10.1. The topological polar surface area (TPSA) is 69.0 Å². The zero-order valence-electron chi connectivity index (χ0n) is 13.8. The minimum absolute atomic E-state index is 0.0186. The van der Waals surface area contributed by atoms with Crippen LogP contribution in [-0.2, 0) is 4.79 Å². The fourth-order valence-corrected chi connectivity index (χ4v) is 3.11. The molecular weight excluding hydrogens is 316 g/mol. The van der Waals surface area contributed by atoms with E-state index in [0.717, 1.165) is 29.1 Å². The van der Waals surface area contributed by atoms with Gasteiger partial charge in [-0.3, -0.25) is 9.36 Å². The van der Waals surface area contributed by atoms with Crippen LogP contribution in [0.5, 0.6) is 5.75 Å². The van der Waals surface area contributed by atoms with E-state index in [0.29, 0.717) is 0 Å². The largest absolute Gasteiger partial charge is 0.496 e. The van der Waals surface area contributed by atoms with Gasteiger partial charge in [-0.2, -0.15) is 0 Å². The molecule has 0 saturated heterocycles. The van der Waals surface area contributed by atoms with E-state index >= 15 is 0 Å². The highest BCUT2D eigenvalue weighted by Gasteiger charge is 2.45. The van der Waals surface area contributed by atoms with Crippen LogP contribution in [0.15, 0.2) is 61.2 Å². The molecule has 6 nitrogen and oxygen atoms in total.